The molecule has 1 aromatic rings. The van der Waals surface area contributed by atoms with Crippen LogP contribution >= 0.6 is 0 Å². The van der Waals surface area contributed by atoms with Gasteiger partial charge in [-0.15, -0.1) is 0 Å². The number of ether oxygens (including phenoxy) is 1. The highest BCUT2D eigenvalue weighted by Gasteiger charge is 2.23. The van der Waals surface area contributed by atoms with Crippen LogP contribution in [0.25, 0.3) is 6.08 Å². The van der Waals surface area contributed by atoms with Gasteiger partial charge in [-0.3, -0.25) is 9.59 Å². The standard InChI is InChI=1S/C15H21F2N3O3/c1-4-11(23-10-15(2,16)17)8-18-14-12(6-5-7-21)19-13(9-22)20(14)3/h5-7,9,11,18H,4,8,10H2,1-3H3/b6-5-. The molecule has 23 heavy (non-hydrogen) atoms. The Bertz CT molecular complexity index is 565. The number of nitrogens with one attached hydrogen (secondary N) is 1. The first-order chi connectivity index (χ1) is 10.8. The summed E-state index contributed by atoms with van der Waals surface area (Å²) in [6.45, 7) is 2.24. The lowest BCUT2D eigenvalue weighted by Gasteiger charge is -2.20. The van der Waals surface area contributed by atoms with E-state index in [9.17, 15) is 18.4 Å². The molecular formula is C15H21F2N3O3. The molecule has 0 amide bonds. The molecule has 1 heterocycles. The third-order valence-electron chi connectivity index (χ3n) is 3.12. The molecule has 1 rings (SSSR count). The Kier molecular flexibility index (Phi) is 7.02. The number of rotatable bonds is 10. The molecule has 0 fully saturated rings. The number of aromatic nitrogens is 2. The summed E-state index contributed by atoms with van der Waals surface area (Å²) in [5, 5.41) is 3.04. The maximum atomic E-state index is 12.9. The number of carbonyl (C=O) groups is 2. The Hall–Kier alpha value is -2.09. The molecule has 0 aliphatic carbocycles. The van der Waals surface area contributed by atoms with E-state index in [-0.39, 0.29) is 12.4 Å². The Morgan fingerprint density at radius 2 is 2.13 bits per heavy atom. The number of halogens is 2. The van der Waals surface area contributed by atoms with Crippen LogP contribution in [0.4, 0.5) is 14.6 Å². The fourth-order valence-electron chi connectivity index (χ4n) is 1.89. The fourth-order valence-corrected chi connectivity index (χ4v) is 1.89. The molecule has 128 valence electrons. The van der Waals surface area contributed by atoms with Crippen molar-refractivity contribution < 1.29 is 23.1 Å². The maximum Gasteiger partial charge on any atom is 0.268 e. The van der Waals surface area contributed by atoms with E-state index >= 15 is 0 Å². The fraction of sp³-hybridized carbons (Fsp3) is 0.533. The van der Waals surface area contributed by atoms with E-state index < -0.39 is 18.6 Å². The van der Waals surface area contributed by atoms with E-state index in [0.717, 1.165) is 6.92 Å². The van der Waals surface area contributed by atoms with Crippen molar-refractivity contribution in [1.82, 2.24) is 9.55 Å². The Labute approximate surface area is 133 Å². The summed E-state index contributed by atoms with van der Waals surface area (Å²) in [4.78, 5) is 25.5. The second kappa shape index (κ2) is 8.52. The molecule has 0 aromatic carbocycles. The van der Waals surface area contributed by atoms with E-state index in [4.69, 9.17) is 4.74 Å². The number of carbonyl (C=O) groups excluding carboxylic acids is 2. The summed E-state index contributed by atoms with van der Waals surface area (Å²) in [7, 11) is 1.64. The monoisotopic (exact) mass is 329 g/mol. The lowest BCUT2D eigenvalue weighted by molar-refractivity contribution is -0.104. The largest absolute Gasteiger partial charge is 0.370 e. The van der Waals surface area contributed by atoms with Crippen molar-refractivity contribution >= 4 is 24.5 Å². The van der Waals surface area contributed by atoms with Crippen molar-refractivity contribution in [1.29, 1.82) is 0 Å². The van der Waals surface area contributed by atoms with E-state index in [0.29, 0.717) is 30.5 Å². The van der Waals surface area contributed by atoms with Crippen LogP contribution in [-0.4, -0.2) is 47.3 Å². The number of hydrogen-bond acceptors (Lipinski definition) is 5. The highest BCUT2D eigenvalue weighted by Crippen LogP contribution is 2.19. The number of imidazole rings is 1. The van der Waals surface area contributed by atoms with Gasteiger partial charge in [0, 0.05) is 20.5 Å². The molecule has 0 saturated heterocycles. The van der Waals surface area contributed by atoms with Crippen LogP contribution in [0.1, 0.15) is 36.6 Å². The number of aldehydes is 2. The Morgan fingerprint density at radius 3 is 2.65 bits per heavy atom. The first-order valence-corrected chi connectivity index (χ1v) is 7.19. The molecule has 8 heteroatoms. The van der Waals surface area contributed by atoms with Crippen LogP contribution < -0.4 is 5.32 Å². The highest BCUT2D eigenvalue weighted by molar-refractivity contribution is 5.79. The molecule has 0 radical (unpaired) electrons. The van der Waals surface area contributed by atoms with Crippen molar-refractivity contribution in [3.8, 4) is 0 Å². The third-order valence-corrected chi connectivity index (χ3v) is 3.12. The lowest BCUT2D eigenvalue weighted by Crippen LogP contribution is -2.29. The van der Waals surface area contributed by atoms with Crippen molar-refractivity contribution in [2.45, 2.75) is 32.3 Å². The van der Waals surface area contributed by atoms with Crippen LogP contribution in [-0.2, 0) is 16.6 Å². The van der Waals surface area contributed by atoms with Gasteiger partial charge in [0.1, 0.15) is 24.4 Å². The molecule has 6 nitrogen and oxygen atoms in total. The van der Waals surface area contributed by atoms with E-state index in [1.807, 2.05) is 6.92 Å². The molecule has 0 saturated carbocycles. The summed E-state index contributed by atoms with van der Waals surface area (Å²) >= 11 is 0. The molecule has 1 atom stereocenters. The predicted molar refractivity (Wildman–Crippen MR) is 82.8 cm³/mol. The zero-order valence-corrected chi connectivity index (χ0v) is 13.4. The number of nitrogens with zero attached hydrogens (tertiary/aromatic N) is 2. The van der Waals surface area contributed by atoms with Crippen molar-refractivity contribution in [3.05, 3.63) is 17.6 Å². The SMILES string of the molecule is CCC(CNc1c(/C=C\C=O)nc(C=O)n1C)OCC(C)(F)F. The van der Waals surface area contributed by atoms with Crippen molar-refractivity contribution in [2.75, 3.05) is 18.5 Å². The molecule has 1 aromatic heterocycles. The number of hydrogen-bond donors (Lipinski definition) is 1. The minimum Gasteiger partial charge on any atom is -0.370 e. The van der Waals surface area contributed by atoms with Crippen molar-refractivity contribution in [3.63, 3.8) is 0 Å². The normalized spacial score (nSPS) is 13.3. The summed E-state index contributed by atoms with van der Waals surface area (Å²) in [6, 6.07) is 0. The van der Waals surface area contributed by atoms with Gasteiger partial charge in [-0.2, -0.15) is 0 Å². The number of anilines is 1. The van der Waals surface area contributed by atoms with Crippen molar-refractivity contribution in [2.24, 2.45) is 7.05 Å². The average Bonchev–Trinajstić information content (AvgIpc) is 2.80. The second-order valence-electron chi connectivity index (χ2n) is 5.17. The zero-order chi connectivity index (χ0) is 17.5. The first-order valence-electron chi connectivity index (χ1n) is 7.19. The van der Waals surface area contributed by atoms with Gasteiger partial charge in [0.05, 0.1) is 6.10 Å². The second-order valence-corrected chi connectivity index (χ2v) is 5.17. The smallest absolute Gasteiger partial charge is 0.268 e. The van der Waals surface area contributed by atoms with E-state index in [2.05, 4.69) is 10.3 Å². The summed E-state index contributed by atoms with van der Waals surface area (Å²) in [6.07, 6.45) is 4.03. The highest BCUT2D eigenvalue weighted by atomic mass is 19.3. The molecular weight excluding hydrogens is 308 g/mol. The number of allylic oxidation sites excluding steroid dienone is 1. The van der Waals surface area contributed by atoms with Gasteiger partial charge >= 0.3 is 0 Å². The molecule has 1 N–H and O–H groups in total. The van der Waals surface area contributed by atoms with E-state index in [1.54, 1.807) is 7.05 Å². The zero-order valence-electron chi connectivity index (χ0n) is 13.4. The third kappa shape index (κ3) is 5.90. The minimum absolute atomic E-state index is 0.187. The summed E-state index contributed by atoms with van der Waals surface area (Å²) in [5.41, 5.74) is 0.414. The summed E-state index contributed by atoms with van der Waals surface area (Å²) in [5.74, 6) is -2.19. The van der Waals surface area contributed by atoms with Gasteiger partial charge in [-0.25, -0.2) is 13.8 Å². The van der Waals surface area contributed by atoms with Gasteiger partial charge in [-0.1, -0.05) is 6.92 Å². The van der Waals surface area contributed by atoms with Gasteiger partial charge in [0.2, 0.25) is 0 Å². The Morgan fingerprint density at radius 1 is 1.43 bits per heavy atom. The number of alkyl halides is 2. The molecule has 0 spiro atoms. The molecule has 1 unspecified atom stereocenters. The quantitative estimate of drug-likeness (QED) is 0.527. The molecule has 0 aliphatic rings. The molecule has 0 aliphatic heterocycles. The van der Waals surface area contributed by atoms with Gasteiger partial charge in [0.15, 0.2) is 12.1 Å². The Balaban J connectivity index is 2.82. The van der Waals surface area contributed by atoms with Gasteiger partial charge < -0.3 is 14.6 Å². The van der Waals surface area contributed by atoms with Gasteiger partial charge in [0.25, 0.3) is 5.92 Å². The minimum atomic E-state index is -2.89. The van der Waals surface area contributed by atoms with Crippen LogP contribution in [0, 0.1) is 0 Å². The predicted octanol–water partition coefficient (Wildman–Crippen LogP) is 2.31. The van der Waals surface area contributed by atoms with Crippen LogP contribution in [0.2, 0.25) is 0 Å². The van der Waals surface area contributed by atoms with Crippen LogP contribution in [0.3, 0.4) is 0 Å². The molecule has 0 bridgehead atoms. The average molecular weight is 329 g/mol. The van der Waals surface area contributed by atoms with Crippen LogP contribution in [0.5, 0.6) is 0 Å². The topological polar surface area (TPSA) is 73.2 Å². The lowest BCUT2D eigenvalue weighted by atomic mass is 10.2. The summed E-state index contributed by atoms with van der Waals surface area (Å²) < 4.78 is 32.4. The van der Waals surface area contributed by atoms with E-state index in [1.165, 1.54) is 16.7 Å². The van der Waals surface area contributed by atoms with Crippen LogP contribution in [0.15, 0.2) is 6.08 Å². The first kappa shape index (κ1) is 19.0. The van der Waals surface area contributed by atoms with Gasteiger partial charge in [-0.05, 0) is 18.6 Å². The maximum absolute atomic E-state index is 12.9.